The fourth-order valence-corrected chi connectivity index (χ4v) is 4.24. The molecule has 1 saturated heterocycles. The summed E-state index contributed by atoms with van der Waals surface area (Å²) in [4.78, 5) is 2.78. The molecule has 2 nitrogen and oxygen atoms in total. The smallest absolute Gasteiger partial charge is 0.0223 e. The molecule has 2 fully saturated rings. The number of rotatable bonds is 5. The van der Waals surface area contributed by atoms with Gasteiger partial charge in [-0.2, -0.15) is 0 Å². The third-order valence-electron chi connectivity index (χ3n) is 5.47. The van der Waals surface area contributed by atoms with Crippen molar-refractivity contribution in [2.75, 3.05) is 13.1 Å². The van der Waals surface area contributed by atoms with Crippen LogP contribution >= 0.6 is 0 Å². The molecule has 1 heterocycles. The Bertz CT molecular complexity index is 238. The minimum absolute atomic E-state index is 0.730. The molecule has 2 heteroatoms. The predicted octanol–water partition coefficient (Wildman–Crippen LogP) is 3.81. The lowest BCUT2D eigenvalue weighted by atomic mass is 9.83. The second kappa shape index (κ2) is 7.64. The topological polar surface area (TPSA) is 15.3 Å². The lowest BCUT2D eigenvalue weighted by Gasteiger charge is -2.43. The molecule has 2 aliphatic rings. The molecule has 0 spiro atoms. The highest BCUT2D eigenvalue weighted by atomic mass is 15.2. The highest BCUT2D eigenvalue weighted by molar-refractivity contribution is 4.87. The van der Waals surface area contributed by atoms with E-state index in [1.165, 1.54) is 57.9 Å². The fourth-order valence-electron chi connectivity index (χ4n) is 4.24. The molecular formula is C17H34N2. The van der Waals surface area contributed by atoms with E-state index < -0.39 is 0 Å². The molecule has 0 radical (unpaired) electrons. The minimum atomic E-state index is 0.730. The number of nitrogens with zero attached hydrogens (tertiary/aromatic N) is 1. The van der Waals surface area contributed by atoms with Crippen molar-refractivity contribution in [2.45, 2.75) is 90.3 Å². The second-order valence-electron chi connectivity index (χ2n) is 6.89. The van der Waals surface area contributed by atoms with Gasteiger partial charge in [0.2, 0.25) is 0 Å². The Morgan fingerprint density at radius 2 is 1.58 bits per heavy atom. The maximum Gasteiger partial charge on any atom is 0.0223 e. The Hall–Kier alpha value is -0.0800. The average Bonchev–Trinajstić information content (AvgIpc) is 2.43. The zero-order valence-corrected chi connectivity index (χ0v) is 13.3. The number of likely N-dealkylation sites (N-methyl/N-ethyl adjacent to an activating group) is 1. The monoisotopic (exact) mass is 266 g/mol. The van der Waals surface area contributed by atoms with Gasteiger partial charge in [0.15, 0.2) is 0 Å². The highest BCUT2D eigenvalue weighted by Crippen LogP contribution is 2.29. The van der Waals surface area contributed by atoms with Crippen molar-refractivity contribution in [3.05, 3.63) is 0 Å². The van der Waals surface area contributed by atoms with Crippen molar-refractivity contribution in [1.29, 1.82) is 0 Å². The second-order valence-corrected chi connectivity index (χ2v) is 6.89. The van der Waals surface area contributed by atoms with Gasteiger partial charge in [-0.3, -0.25) is 4.90 Å². The van der Waals surface area contributed by atoms with E-state index in [2.05, 4.69) is 31.0 Å². The van der Waals surface area contributed by atoms with Crippen molar-refractivity contribution in [3.8, 4) is 0 Å². The molecule has 2 rings (SSSR count). The van der Waals surface area contributed by atoms with Gasteiger partial charge >= 0.3 is 0 Å². The van der Waals surface area contributed by atoms with Crippen LogP contribution in [0, 0.1) is 5.92 Å². The van der Waals surface area contributed by atoms with Gasteiger partial charge in [0.05, 0.1) is 0 Å². The van der Waals surface area contributed by atoms with Crippen molar-refractivity contribution < 1.29 is 0 Å². The zero-order chi connectivity index (χ0) is 13.7. The van der Waals surface area contributed by atoms with Crippen LogP contribution in [-0.4, -0.2) is 36.1 Å². The molecule has 0 aromatic rings. The zero-order valence-electron chi connectivity index (χ0n) is 13.3. The van der Waals surface area contributed by atoms with Crippen molar-refractivity contribution >= 4 is 0 Å². The number of nitrogens with one attached hydrogen (secondary N) is 1. The molecule has 0 aromatic heterocycles. The average molecular weight is 266 g/mol. The standard InChI is InChI=1S/C17H34N2/c1-4-18-17(16-11-6-5-7-12-16)13-19-14(2)9-8-10-15(19)3/h14-18H,4-13H2,1-3H3. The first-order chi connectivity index (χ1) is 9.22. The van der Waals surface area contributed by atoms with Gasteiger partial charge in [0.25, 0.3) is 0 Å². The SMILES string of the molecule is CCNC(CN1C(C)CCCC1C)C1CCCCC1. The van der Waals surface area contributed by atoms with E-state index in [4.69, 9.17) is 0 Å². The molecule has 0 aromatic carbocycles. The van der Waals surface area contributed by atoms with Gasteiger partial charge in [-0.25, -0.2) is 0 Å². The molecule has 0 amide bonds. The van der Waals surface area contributed by atoms with E-state index in [-0.39, 0.29) is 0 Å². The molecule has 1 aliphatic heterocycles. The largest absolute Gasteiger partial charge is 0.313 e. The molecule has 0 bridgehead atoms. The predicted molar refractivity (Wildman–Crippen MR) is 83.5 cm³/mol. The van der Waals surface area contributed by atoms with E-state index in [9.17, 15) is 0 Å². The minimum Gasteiger partial charge on any atom is -0.313 e. The molecule has 1 N–H and O–H groups in total. The Labute approximate surface area is 120 Å². The summed E-state index contributed by atoms with van der Waals surface area (Å²) >= 11 is 0. The molecule has 112 valence electrons. The number of hydrogen-bond acceptors (Lipinski definition) is 2. The Morgan fingerprint density at radius 3 is 2.16 bits per heavy atom. The van der Waals surface area contributed by atoms with Gasteiger partial charge in [-0.05, 0) is 52.0 Å². The maximum absolute atomic E-state index is 3.80. The van der Waals surface area contributed by atoms with Crippen LogP contribution in [-0.2, 0) is 0 Å². The normalized spacial score (nSPS) is 32.4. The van der Waals surface area contributed by atoms with Gasteiger partial charge in [-0.15, -0.1) is 0 Å². The summed E-state index contributed by atoms with van der Waals surface area (Å²) in [5.74, 6) is 0.926. The molecule has 1 saturated carbocycles. The quantitative estimate of drug-likeness (QED) is 0.814. The number of piperidine rings is 1. The Balaban J connectivity index is 1.94. The van der Waals surface area contributed by atoms with Crippen LogP contribution in [0.1, 0.15) is 72.1 Å². The molecule has 3 atom stereocenters. The molecule has 1 aliphatic carbocycles. The molecule has 3 unspecified atom stereocenters. The van der Waals surface area contributed by atoms with Gasteiger partial charge in [0, 0.05) is 24.7 Å². The van der Waals surface area contributed by atoms with Crippen LogP contribution in [0.25, 0.3) is 0 Å². The first kappa shape index (κ1) is 15.3. The summed E-state index contributed by atoms with van der Waals surface area (Å²) in [7, 11) is 0. The van der Waals surface area contributed by atoms with E-state index in [0.29, 0.717) is 0 Å². The summed E-state index contributed by atoms with van der Waals surface area (Å²) in [6.07, 6.45) is 11.5. The summed E-state index contributed by atoms with van der Waals surface area (Å²) in [6.45, 7) is 9.52. The van der Waals surface area contributed by atoms with Gasteiger partial charge in [0.1, 0.15) is 0 Å². The van der Waals surface area contributed by atoms with Crippen LogP contribution < -0.4 is 5.32 Å². The van der Waals surface area contributed by atoms with Crippen LogP contribution in [0.3, 0.4) is 0 Å². The van der Waals surface area contributed by atoms with Crippen molar-refractivity contribution in [3.63, 3.8) is 0 Å². The first-order valence-corrected chi connectivity index (χ1v) is 8.71. The van der Waals surface area contributed by atoms with Crippen LogP contribution in [0.15, 0.2) is 0 Å². The first-order valence-electron chi connectivity index (χ1n) is 8.71. The summed E-state index contributed by atoms with van der Waals surface area (Å²) in [5, 5.41) is 3.80. The maximum atomic E-state index is 3.80. The van der Waals surface area contributed by atoms with E-state index in [0.717, 1.165) is 30.6 Å². The van der Waals surface area contributed by atoms with E-state index >= 15 is 0 Å². The van der Waals surface area contributed by atoms with E-state index in [1.807, 2.05) is 0 Å². The van der Waals surface area contributed by atoms with Crippen molar-refractivity contribution in [1.82, 2.24) is 10.2 Å². The fraction of sp³-hybridized carbons (Fsp3) is 1.00. The molecule has 19 heavy (non-hydrogen) atoms. The van der Waals surface area contributed by atoms with Gasteiger partial charge in [-0.1, -0.05) is 32.6 Å². The number of likely N-dealkylation sites (tertiary alicyclic amines) is 1. The van der Waals surface area contributed by atoms with E-state index in [1.54, 1.807) is 0 Å². The van der Waals surface area contributed by atoms with Gasteiger partial charge < -0.3 is 5.32 Å². The third-order valence-corrected chi connectivity index (χ3v) is 5.47. The van der Waals surface area contributed by atoms with Crippen LogP contribution in [0.4, 0.5) is 0 Å². The summed E-state index contributed by atoms with van der Waals surface area (Å²) in [5.41, 5.74) is 0. The van der Waals surface area contributed by atoms with Crippen LogP contribution in [0.5, 0.6) is 0 Å². The van der Waals surface area contributed by atoms with Crippen molar-refractivity contribution in [2.24, 2.45) is 5.92 Å². The third kappa shape index (κ3) is 4.19. The van der Waals surface area contributed by atoms with Crippen LogP contribution in [0.2, 0.25) is 0 Å². The molecular weight excluding hydrogens is 232 g/mol. The lowest BCUT2D eigenvalue weighted by Crippen LogP contribution is -2.52. The summed E-state index contributed by atoms with van der Waals surface area (Å²) in [6, 6.07) is 2.30. The highest BCUT2D eigenvalue weighted by Gasteiger charge is 2.30. The Kier molecular flexibility index (Phi) is 6.15. The Morgan fingerprint density at radius 1 is 0.947 bits per heavy atom. The number of hydrogen-bond donors (Lipinski definition) is 1. The summed E-state index contributed by atoms with van der Waals surface area (Å²) < 4.78 is 0. The lowest BCUT2D eigenvalue weighted by molar-refractivity contribution is 0.0757.